The largest absolute Gasteiger partial charge is 0.489 e. The van der Waals surface area contributed by atoms with Crippen molar-refractivity contribution in [3.8, 4) is 5.75 Å². The van der Waals surface area contributed by atoms with E-state index in [2.05, 4.69) is 68.2 Å². The van der Waals surface area contributed by atoms with Gasteiger partial charge < -0.3 is 15.3 Å². The highest BCUT2D eigenvalue weighted by Gasteiger charge is 2.36. The highest BCUT2D eigenvalue weighted by molar-refractivity contribution is 5.91. The number of amidine groups is 1. The summed E-state index contributed by atoms with van der Waals surface area (Å²) in [5.74, 6) is 4.91. The number of hydrazine groups is 1. The number of fused-ring (bicyclic) bond motifs is 1. The number of nitrogens with zero attached hydrogens (tertiary/aromatic N) is 2. The summed E-state index contributed by atoms with van der Waals surface area (Å²) in [6.07, 6.45) is 2.17. The summed E-state index contributed by atoms with van der Waals surface area (Å²) in [7, 11) is 0. The SMILES string of the molecule is C=N/N=C(\NN)[C@@H](CC(=O)O)c1ccc(OCc2ccc3c(c2)C(C)(C)CCC3(C)C)cc1. The lowest BCUT2D eigenvalue weighted by Crippen LogP contribution is -2.35. The molecule has 3 rings (SSSR count). The molecule has 0 saturated heterocycles. The lowest BCUT2D eigenvalue weighted by atomic mass is 9.63. The third-order valence-corrected chi connectivity index (χ3v) is 6.64. The van der Waals surface area contributed by atoms with Crippen LogP contribution < -0.4 is 16.0 Å². The van der Waals surface area contributed by atoms with E-state index in [9.17, 15) is 9.90 Å². The number of carboxylic acids is 1. The second-order valence-electron chi connectivity index (χ2n) is 9.93. The van der Waals surface area contributed by atoms with Gasteiger partial charge in [0.2, 0.25) is 0 Å². The second-order valence-corrected chi connectivity index (χ2v) is 9.93. The Labute approximate surface area is 195 Å². The summed E-state index contributed by atoms with van der Waals surface area (Å²) in [6, 6.07) is 14.0. The summed E-state index contributed by atoms with van der Waals surface area (Å²) in [4.78, 5) is 11.3. The summed E-state index contributed by atoms with van der Waals surface area (Å²) >= 11 is 0. The minimum absolute atomic E-state index is 0.151. The molecule has 176 valence electrons. The van der Waals surface area contributed by atoms with Crippen molar-refractivity contribution in [1.29, 1.82) is 0 Å². The van der Waals surface area contributed by atoms with E-state index in [0.29, 0.717) is 12.4 Å². The van der Waals surface area contributed by atoms with Crippen LogP contribution in [0.5, 0.6) is 5.75 Å². The zero-order chi connectivity index (χ0) is 24.2. The van der Waals surface area contributed by atoms with Gasteiger partial charge >= 0.3 is 5.97 Å². The first-order valence-corrected chi connectivity index (χ1v) is 11.2. The smallest absolute Gasteiger partial charge is 0.304 e. The van der Waals surface area contributed by atoms with E-state index < -0.39 is 11.9 Å². The van der Waals surface area contributed by atoms with Gasteiger partial charge in [0.1, 0.15) is 18.2 Å². The number of hydrogen-bond donors (Lipinski definition) is 3. The summed E-state index contributed by atoms with van der Waals surface area (Å²) < 4.78 is 6.04. The van der Waals surface area contributed by atoms with Crippen molar-refractivity contribution in [3.05, 3.63) is 64.7 Å². The summed E-state index contributed by atoms with van der Waals surface area (Å²) in [6.45, 7) is 13.0. The lowest BCUT2D eigenvalue weighted by molar-refractivity contribution is -0.137. The van der Waals surface area contributed by atoms with Crippen LogP contribution in [0, 0.1) is 0 Å². The van der Waals surface area contributed by atoms with Crippen molar-refractivity contribution in [1.82, 2.24) is 5.43 Å². The van der Waals surface area contributed by atoms with Gasteiger partial charge in [0.05, 0.1) is 12.3 Å². The van der Waals surface area contributed by atoms with Crippen LogP contribution >= 0.6 is 0 Å². The van der Waals surface area contributed by atoms with Crippen molar-refractivity contribution in [3.63, 3.8) is 0 Å². The first kappa shape index (κ1) is 24.5. The van der Waals surface area contributed by atoms with Crippen molar-refractivity contribution < 1.29 is 14.6 Å². The monoisotopic (exact) mass is 450 g/mol. The van der Waals surface area contributed by atoms with Gasteiger partial charge in [0, 0.05) is 6.72 Å². The fourth-order valence-corrected chi connectivity index (χ4v) is 4.51. The average molecular weight is 451 g/mol. The van der Waals surface area contributed by atoms with Crippen LogP contribution in [0.3, 0.4) is 0 Å². The van der Waals surface area contributed by atoms with Crippen molar-refractivity contribution >= 4 is 18.5 Å². The fraction of sp³-hybridized carbons (Fsp3) is 0.423. The molecule has 33 heavy (non-hydrogen) atoms. The molecule has 0 aliphatic heterocycles. The predicted molar refractivity (Wildman–Crippen MR) is 132 cm³/mol. The van der Waals surface area contributed by atoms with E-state index >= 15 is 0 Å². The molecule has 0 amide bonds. The molecule has 7 nitrogen and oxygen atoms in total. The maximum atomic E-state index is 11.3. The molecule has 0 radical (unpaired) electrons. The number of ether oxygens (including phenoxy) is 1. The van der Waals surface area contributed by atoms with Gasteiger partial charge in [-0.25, -0.2) is 5.84 Å². The molecule has 0 saturated carbocycles. The Bertz CT molecular complexity index is 1040. The summed E-state index contributed by atoms with van der Waals surface area (Å²) in [5, 5.41) is 16.6. The van der Waals surface area contributed by atoms with E-state index in [0.717, 1.165) is 11.1 Å². The van der Waals surface area contributed by atoms with Gasteiger partial charge in [-0.15, -0.1) is 5.10 Å². The number of aliphatic carboxylic acids is 1. The normalized spacial score (nSPS) is 17.5. The number of nitrogens with two attached hydrogens (primary N) is 1. The number of carboxylic acid groups (broad SMARTS) is 1. The Morgan fingerprint density at radius 3 is 2.33 bits per heavy atom. The van der Waals surface area contributed by atoms with E-state index in [1.165, 1.54) is 24.0 Å². The Kier molecular flexibility index (Phi) is 7.22. The van der Waals surface area contributed by atoms with Crippen LogP contribution in [0.4, 0.5) is 0 Å². The Morgan fingerprint density at radius 1 is 1.12 bits per heavy atom. The first-order valence-electron chi connectivity index (χ1n) is 11.2. The number of nitrogens with one attached hydrogen (secondary N) is 1. The standard InChI is InChI=1S/C26H34N4O3/c1-25(2)12-13-26(3,4)22-14-17(6-11-21(22)25)16-33-19-9-7-18(8-10-19)20(15-23(31)32)24(29-27)30-28-5/h6-11,14,20H,5,12-13,15-16,27H2,1-4H3,(H,29,30)(H,31,32)/t20-/m0/s1. The van der Waals surface area contributed by atoms with Gasteiger partial charge in [-0.1, -0.05) is 58.0 Å². The van der Waals surface area contributed by atoms with E-state index in [1.807, 2.05) is 24.3 Å². The number of hydrogen-bond acceptors (Lipinski definition) is 5. The molecule has 0 aromatic heterocycles. The quantitative estimate of drug-likeness (QED) is 0.235. The molecule has 2 aromatic rings. The minimum atomic E-state index is -0.967. The highest BCUT2D eigenvalue weighted by atomic mass is 16.5. The van der Waals surface area contributed by atoms with Gasteiger partial charge in [0.25, 0.3) is 0 Å². The van der Waals surface area contributed by atoms with Gasteiger partial charge in [-0.05, 0) is 58.1 Å². The molecule has 0 bridgehead atoms. The maximum Gasteiger partial charge on any atom is 0.304 e. The van der Waals surface area contributed by atoms with Gasteiger partial charge in [0.15, 0.2) is 0 Å². The van der Waals surface area contributed by atoms with Crippen LogP contribution in [0.2, 0.25) is 0 Å². The third kappa shape index (κ3) is 5.60. The van der Waals surface area contributed by atoms with Crippen LogP contribution in [-0.2, 0) is 22.2 Å². The van der Waals surface area contributed by atoms with Crippen LogP contribution in [-0.4, -0.2) is 23.6 Å². The molecule has 0 spiro atoms. The zero-order valence-corrected chi connectivity index (χ0v) is 19.9. The molecular formula is C26H34N4O3. The van der Waals surface area contributed by atoms with Crippen molar-refractivity contribution in [2.75, 3.05) is 0 Å². The topological polar surface area (TPSA) is 109 Å². The molecule has 1 aliphatic carbocycles. The maximum absolute atomic E-state index is 11.3. The van der Waals surface area contributed by atoms with Gasteiger partial charge in [-0.3, -0.25) is 4.79 Å². The molecule has 2 aromatic carbocycles. The molecule has 0 unspecified atom stereocenters. The summed E-state index contributed by atoms with van der Waals surface area (Å²) in [5.41, 5.74) is 7.47. The predicted octanol–water partition coefficient (Wildman–Crippen LogP) is 4.65. The second kappa shape index (κ2) is 9.75. The zero-order valence-electron chi connectivity index (χ0n) is 19.9. The number of carbonyl (C=O) groups is 1. The molecule has 0 fully saturated rings. The number of rotatable bonds is 8. The Morgan fingerprint density at radius 2 is 1.76 bits per heavy atom. The third-order valence-electron chi connectivity index (χ3n) is 6.64. The Balaban J connectivity index is 1.76. The molecule has 7 heteroatoms. The van der Waals surface area contributed by atoms with Crippen LogP contribution in [0.25, 0.3) is 0 Å². The molecule has 1 aliphatic rings. The van der Waals surface area contributed by atoms with Crippen LogP contribution in [0.1, 0.15) is 75.1 Å². The van der Waals surface area contributed by atoms with E-state index in [4.69, 9.17) is 10.6 Å². The fourth-order valence-electron chi connectivity index (χ4n) is 4.51. The first-order chi connectivity index (χ1) is 15.6. The Hall–Kier alpha value is -3.19. The highest BCUT2D eigenvalue weighted by Crippen LogP contribution is 2.45. The molecule has 1 atom stereocenters. The van der Waals surface area contributed by atoms with E-state index in [1.54, 1.807) is 0 Å². The van der Waals surface area contributed by atoms with Crippen LogP contribution in [0.15, 0.2) is 52.7 Å². The molecule has 4 N–H and O–H groups in total. The van der Waals surface area contributed by atoms with Crippen molar-refractivity contribution in [2.45, 2.75) is 70.3 Å². The molecule has 0 heterocycles. The lowest BCUT2D eigenvalue weighted by Gasteiger charge is -2.42. The number of benzene rings is 2. The van der Waals surface area contributed by atoms with E-state index in [-0.39, 0.29) is 23.1 Å². The average Bonchev–Trinajstić information content (AvgIpc) is 2.78. The molecular weight excluding hydrogens is 416 g/mol. The minimum Gasteiger partial charge on any atom is -0.489 e. The van der Waals surface area contributed by atoms with Gasteiger partial charge in [-0.2, -0.15) is 5.10 Å². The van der Waals surface area contributed by atoms with Crippen molar-refractivity contribution in [2.24, 2.45) is 16.0 Å².